The zero-order chi connectivity index (χ0) is 32.6. The Morgan fingerprint density at radius 2 is 1.89 bits per heavy atom. The number of hydrogen-bond donors (Lipinski definition) is 0. The standard InChI is InChI=1S/C36H50FN5O3/c1-9-26-21-41(35(44)45-36(5,6)7)15-13-30(26)40-14-12-25(20-40)16-27-22-42(32-19-38-18-24(4)33(27)32)31-11-10-28(37)17-29(31)34(43)39(8)23(2)3/h10-11,17-19,22-23,25-26,30H,9,12-16,20-21H2,1-8H3/t25-,26?,30?/m0/s1. The molecule has 2 saturated heterocycles. The maximum atomic E-state index is 14.5. The maximum Gasteiger partial charge on any atom is 0.410 e. The topological polar surface area (TPSA) is 70.9 Å². The number of aryl methyl sites for hydroxylation is 1. The third-order valence-electron chi connectivity index (χ3n) is 9.69. The fourth-order valence-corrected chi connectivity index (χ4v) is 7.14. The molecule has 2 aliphatic rings. The number of carbonyl (C=O) groups excluding carboxylic acids is 2. The highest BCUT2D eigenvalue weighted by Gasteiger charge is 2.38. The van der Waals surface area contributed by atoms with Crippen molar-refractivity contribution in [1.29, 1.82) is 0 Å². The zero-order valence-electron chi connectivity index (χ0n) is 28.3. The molecular formula is C36H50FN5O3. The molecule has 2 fully saturated rings. The summed E-state index contributed by atoms with van der Waals surface area (Å²) in [6.07, 6.45) is 9.67. The molecule has 5 rings (SSSR count). The van der Waals surface area contributed by atoms with E-state index in [2.05, 4.69) is 29.9 Å². The maximum absolute atomic E-state index is 14.5. The van der Waals surface area contributed by atoms with Crippen molar-refractivity contribution in [3.8, 4) is 5.69 Å². The van der Waals surface area contributed by atoms with Gasteiger partial charge in [-0.05, 0) is 109 Å². The lowest BCUT2D eigenvalue weighted by molar-refractivity contribution is 0.00340. The molecule has 0 bridgehead atoms. The van der Waals surface area contributed by atoms with E-state index in [1.54, 1.807) is 18.0 Å². The summed E-state index contributed by atoms with van der Waals surface area (Å²) in [5, 5.41) is 1.15. The highest BCUT2D eigenvalue weighted by Crippen LogP contribution is 2.35. The molecule has 3 atom stereocenters. The van der Waals surface area contributed by atoms with Crippen LogP contribution >= 0.6 is 0 Å². The van der Waals surface area contributed by atoms with Crippen LogP contribution < -0.4 is 0 Å². The quantitative estimate of drug-likeness (QED) is 0.289. The van der Waals surface area contributed by atoms with Crippen LogP contribution in [0.2, 0.25) is 0 Å². The monoisotopic (exact) mass is 619 g/mol. The number of pyridine rings is 1. The van der Waals surface area contributed by atoms with Crippen molar-refractivity contribution >= 4 is 22.9 Å². The third kappa shape index (κ3) is 7.03. The molecule has 8 nitrogen and oxygen atoms in total. The van der Waals surface area contributed by atoms with Gasteiger partial charge in [0.2, 0.25) is 0 Å². The smallest absolute Gasteiger partial charge is 0.410 e. The molecular weight excluding hydrogens is 569 g/mol. The molecule has 0 N–H and O–H groups in total. The SMILES string of the molecule is CCC1CN(C(=O)OC(C)(C)C)CCC1N1CC[C@@H](Cc2cn(-c3ccc(F)cc3C(=O)N(C)C(C)C)c3cncc(C)c23)C1. The molecule has 4 heterocycles. The van der Waals surface area contributed by atoms with Gasteiger partial charge in [-0.3, -0.25) is 14.7 Å². The number of rotatable bonds is 7. The molecule has 1 aromatic carbocycles. The first-order chi connectivity index (χ1) is 21.3. The van der Waals surface area contributed by atoms with E-state index in [1.807, 2.05) is 56.5 Å². The van der Waals surface area contributed by atoms with Gasteiger partial charge in [0.05, 0.1) is 23.0 Å². The Balaban J connectivity index is 1.37. The second-order valence-corrected chi connectivity index (χ2v) is 14.4. The predicted molar refractivity (Wildman–Crippen MR) is 176 cm³/mol. The Morgan fingerprint density at radius 1 is 1.13 bits per heavy atom. The van der Waals surface area contributed by atoms with E-state index in [-0.39, 0.29) is 18.0 Å². The summed E-state index contributed by atoms with van der Waals surface area (Å²) in [6, 6.07) is 4.91. The summed E-state index contributed by atoms with van der Waals surface area (Å²) in [4.78, 5) is 36.9. The highest BCUT2D eigenvalue weighted by atomic mass is 19.1. The molecule has 45 heavy (non-hydrogen) atoms. The van der Waals surface area contributed by atoms with Crippen LogP contribution in [-0.2, 0) is 11.2 Å². The number of halogens is 1. The minimum absolute atomic E-state index is 0.0170. The minimum atomic E-state index is -0.492. The van der Waals surface area contributed by atoms with Crippen LogP contribution in [0.4, 0.5) is 9.18 Å². The van der Waals surface area contributed by atoms with E-state index < -0.39 is 11.4 Å². The number of fused-ring (bicyclic) bond motifs is 1. The Bertz CT molecular complexity index is 1540. The van der Waals surface area contributed by atoms with Gasteiger partial charge in [0, 0.05) is 56.5 Å². The highest BCUT2D eigenvalue weighted by molar-refractivity contribution is 5.99. The number of nitrogens with zero attached hydrogens (tertiary/aromatic N) is 5. The Hall–Kier alpha value is -3.46. The van der Waals surface area contributed by atoms with E-state index in [0.717, 1.165) is 68.3 Å². The summed E-state index contributed by atoms with van der Waals surface area (Å²) in [5.74, 6) is 0.259. The molecule has 2 unspecified atom stereocenters. The number of likely N-dealkylation sites (tertiary alicyclic amines) is 2. The Morgan fingerprint density at radius 3 is 2.58 bits per heavy atom. The summed E-state index contributed by atoms with van der Waals surface area (Å²) in [5.41, 5.74) is 3.75. The number of benzene rings is 1. The van der Waals surface area contributed by atoms with Crippen LogP contribution in [0, 0.1) is 24.6 Å². The van der Waals surface area contributed by atoms with Crippen molar-refractivity contribution in [2.45, 2.75) is 91.8 Å². The summed E-state index contributed by atoms with van der Waals surface area (Å²) < 4.78 is 22.2. The van der Waals surface area contributed by atoms with Crippen molar-refractivity contribution in [1.82, 2.24) is 24.3 Å². The van der Waals surface area contributed by atoms with Crippen LogP contribution in [0.15, 0.2) is 36.8 Å². The van der Waals surface area contributed by atoms with Crippen molar-refractivity contribution < 1.29 is 18.7 Å². The first-order valence-corrected chi connectivity index (χ1v) is 16.5. The van der Waals surface area contributed by atoms with Crippen LogP contribution in [0.5, 0.6) is 0 Å². The number of aromatic nitrogens is 2. The zero-order valence-corrected chi connectivity index (χ0v) is 28.3. The van der Waals surface area contributed by atoms with Gasteiger partial charge in [-0.15, -0.1) is 0 Å². The minimum Gasteiger partial charge on any atom is -0.444 e. The lowest BCUT2D eigenvalue weighted by Gasteiger charge is -2.42. The van der Waals surface area contributed by atoms with Gasteiger partial charge < -0.3 is 19.1 Å². The molecule has 2 aromatic heterocycles. The molecule has 0 saturated carbocycles. The molecule has 2 aliphatic heterocycles. The summed E-state index contributed by atoms with van der Waals surface area (Å²) >= 11 is 0. The Kier molecular flexibility index (Phi) is 9.59. The lowest BCUT2D eigenvalue weighted by atomic mass is 9.89. The normalized spacial score (nSPS) is 21.1. The molecule has 0 radical (unpaired) electrons. The average molecular weight is 620 g/mol. The van der Waals surface area contributed by atoms with Crippen LogP contribution in [0.3, 0.4) is 0 Å². The fourth-order valence-electron chi connectivity index (χ4n) is 7.14. The van der Waals surface area contributed by atoms with Crippen molar-refractivity contribution in [3.63, 3.8) is 0 Å². The molecule has 0 spiro atoms. The first kappa shape index (κ1) is 32.9. The van der Waals surface area contributed by atoms with E-state index in [4.69, 9.17) is 4.74 Å². The van der Waals surface area contributed by atoms with E-state index in [9.17, 15) is 14.0 Å². The summed E-state index contributed by atoms with van der Waals surface area (Å²) in [6.45, 7) is 17.5. The molecule has 9 heteroatoms. The van der Waals surface area contributed by atoms with E-state index in [0.29, 0.717) is 29.1 Å². The second kappa shape index (κ2) is 13.1. The van der Waals surface area contributed by atoms with Gasteiger partial charge >= 0.3 is 6.09 Å². The lowest BCUT2D eigenvalue weighted by Crippen LogP contribution is -2.52. The van der Waals surface area contributed by atoms with Crippen molar-refractivity contribution in [2.75, 3.05) is 33.2 Å². The van der Waals surface area contributed by atoms with E-state index >= 15 is 0 Å². The van der Waals surface area contributed by atoms with Crippen LogP contribution in [0.1, 0.15) is 82.3 Å². The van der Waals surface area contributed by atoms with Gasteiger partial charge in [0.15, 0.2) is 0 Å². The largest absolute Gasteiger partial charge is 0.444 e. The van der Waals surface area contributed by atoms with Gasteiger partial charge in [-0.1, -0.05) is 13.3 Å². The average Bonchev–Trinajstić information content (AvgIpc) is 3.60. The predicted octanol–water partition coefficient (Wildman–Crippen LogP) is 6.85. The number of piperidine rings is 1. The molecule has 0 aliphatic carbocycles. The van der Waals surface area contributed by atoms with Crippen LogP contribution in [-0.4, -0.2) is 87.2 Å². The first-order valence-electron chi connectivity index (χ1n) is 16.5. The van der Waals surface area contributed by atoms with Gasteiger partial charge in [0.25, 0.3) is 5.91 Å². The molecule has 244 valence electrons. The van der Waals surface area contributed by atoms with Crippen molar-refractivity contribution in [2.24, 2.45) is 11.8 Å². The number of hydrogen-bond acceptors (Lipinski definition) is 5. The summed E-state index contributed by atoms with van der Waals surface area (Å²) in [7, 11) is 1.75. The van der Waals surface area contributed by atoms with Gasteiger partial charge in [0.1, 0.15) is 11.4 Å². The second-order valence-electron chi connectivity index (χ2n) is 14.4. The van der Waals surface area contributed by atoms with Crippen LogP contribution in [0.25, 0.3) is 16.6 Å². The molecule has 2 amide bonds. The molecule has 3 aromatic rings. The number of ether oxygens (including phenoxy) is 1. The number of carbonyl (C=O) groups is 2. The van der Waals surface area contributed by atoms with Gasteiger partial charge in [-0.25, -0.2) is 9.18 Å². The Labute approximate surface area is 267 Å². The van der Waals surface area contributed by atoms with E-state index in [1.165, 1.54) is 17.7 Å². The van der Waals surface area contributed by atoms with Crippen molar-refractivity contribution in [3.05, 3.63) is 59.3 Å². The van der Waals surface area contributed by atoms with Gasteiger partial charge in [-0.2, -0.15) is 0 Å². The fraction of sp³-hybridized carbons (Fsp3) is 0.583. The third-order valence-corrected chi connectivity index (χ3v) is 9.69. The number of amides is 2.